The average Bonchev–Trinajstić information content (AvgIpc) is 3.38. The van der Waals surface area contributed by atoms with E-state index in [-0.39, 0.29) is 28.9 Å². The first-order chi connectivity index (χ1) is 16.8. The van der Waals surface area contributed by atoms with Gasteiger partial charge in [0.2, 0.25) is 5.91 Å². The summed E-state index contributed by atoms with van der Waals surface area (Å²) in [6, 6.07) is 19.2. The van der Waals surface area contributed by atoms with E-state index in [4.69, 9.17) is 0 Å². The predicted molar refractivity (Wildman–Crippen MR) is 139 cm³/mol. The third-order valence-corrected chi connectivity index (χ3v) is 6.90. The summed E-state index contributed by atoms with van der Waals surface area (Å²) in [4.78, 5) is 28.0. The Morgan fingerprint density at radius 1 is 1.03 bits per heavy atom. The molecule has 9 nitrogen and oxygen atoms in total. The van der Waals surface area contributed by atoms with Crippen molar-refractivity contribution in [1.82, 2.24) is 29.0 Å². The largest absolute Gasteiger partial charge is 0.319 e. The Bertz CT molecular complexity index is 1370. The summed E-state index contributed by atoms with van der Waals surface area (Å²) in [6.45, 7) is 3.87. The number of amides is 1. The van der Waals surface area contributed by atoms with Gasteiger partial charge >= 0.3 is 0 Å². The molecule has 1 amide bonds. The molecule has 35 heavy (non-hydrogen) atoms. The van der Waals surface area contributed by atoms with E-state index in [9.17, 15) is 9.59 Å². The van der Waals surface area contributed by atoms with Crippen LogP contribution in [0.2, 0.25) is 0 Å². The van der Waals surface area contributed by atoms with E-state index in [2.05, 4.69) is 27.3 Å². The van der Waals surface area contributed by atoms with Crippen molar-refractivity contribution in [2.75, 3.05) is 25.2 Å². The van der Waals surface area contributed by atoms with Crippen LogP contribution in [0.1, 0.15) is 24.5 Å². The van der Waals surface area contributed by atoms with Crippen LogP contribution in [-0.4, -0.2) is 54.8 Å². The summed E-state index contributed by atoms with van der Waals surface area (Å²) in [6.07, 6.45) is 0. The van der Waals surface area contributed by atoms with Crippen molar-refractivity contribution in [3.8, 4) is 11.4 Å². The van der Waals surface area contributed by atoms with Gasteiger partial charge in [0.1, 0.15) is 5.69 Å². The number of thioether (sulfide) groups is 1. The molecule has 182 valence electrons. The second-order valence-corrected chi connectivity index (χ2v) is 9.37. The maximum atomic E-state index is 13.1. The van der Waals surface area contributed by atoms with Crippen molar-refractivity contribution in [3.05, 3.63) is 82.5 Å². The number of benzene rings is 2. The molecule has 0 radical (unpaired) electrons. The second kappa shape index (κ2) is 10.3. The third-order valence-electron chi connectivity index (χ3n) is 5.97. The lowest BCUT2D eigenvalue weighted by molar-refractivity contribution is -0.113. The number of carbonyl (C=O) groups excluding carboxylic acids is 1. The molecule has 2 aromatic carbocycles. The van der Waals surface area contributed by atoms with Crippen molar-refractivity contribution in [3.63, 3.8) is 0 Å². The molecular weight excluding hydrogens is 462 g/mol. The van der Waals surface area contributed by atoms with Crippen molar-refractivity contribution < 1.29 is 4.79 Å². The number of hydrogen-bond donors (Lipinski definition) is 1. The molecule has 0 saturated heterocycles. The summed E-state index contributed by atoms with van der Waals surface area (Å²) >= 11 is 1.28. The number of para-hydroxylation sites is 2. The minimum Gasteiger partial charge on any atom is -0.319 e. The quantitative estimate of drug-likeness (QED) is 0.380. The number of carbonyl (C=O) groups is 1. The van der Waals surface area contributed by atoms with Gasteiger partial charge in [0.15, 0.2) is 11.0 Å². The van der Waals surface area contributed by atoms with Gasteiger partial charge in [-0.1, -0.05) is 48.2 Å². The van der Waals surface area contributed by atoms with Crippen molar-refractivity contribution in [2.24, 2.45) is 7.05 Å². The SMILES string of the molecule is Cc1c(NC(=O)CSc2nnc([C@H](C)N(C)C)n2-c2ccccc2)c(=O)n(-c2ccccc2)n1C. The first-order valence-electron chi connectivity index (χ1n) is 11.2. The molecule has 1 N–H and O–H groups in total. The lowest BCUT2D eigenvalue weighted by Gasteiger charge is -2.20. The first-order valence-corrected chi connectivity index (χ1v) is 12.2. The van der Waals surface area contributed by atoms with Gasteiger partial charge in [-0.05, 0) is 52.2 Å². The fourth-order valence-corrected chi connectivity index (χ4v) is 4.47. The van der Waals surface area contributed by atoms with E-state index in [0.717, 1.165) is 17.2 Å². The van der Waals surface area contributed by atoms with Gasteiger partial charge in [0.05, 0.1) is 23.2 Å². The molecule has 10 heteroatoms. The van der Waals surface area contributed by atoms with Crippen molar-refractivity contribution in [2.45, 2.75) is 25.0 Å². The van der Waals surface area contributed by atoms with E-state index in [1.54, 1.807) is 16.4 Å². The molecule has 0 fully saturated rings. The second-order valence-electron chi connectivity index (χ2n) is 8.42. The number of rotatable bonds is 8. The fourth-order valence-electron chi connectivity index (χ4n) is 3.71. The van der Waals surface area contributed by atoms with Gasteiger partial charge in [-0.2, -0.15) is 0 Å². The number of aromatic nitrogens is 5. The zero-order valence-electron chi connectivity index (χ0n) is 20.5. The maximum absolute atomic E-state index is 13.1. The Labute approximate surface area is 208 Å². The van der Waals surface area contributed by atoms with Gasteiger partial charge in [-0.3, -0.25) is 23.7 Å². The Morgan fingerprint density at radius 2 is 1.63 bits per heavy atom. The van der Waals surface area contributed by atoms with Crippen LogP contribution < -0.4 is 10.9 Å². The summed E-state index contributed by atoms with van der Waals surface area (Å²) < 4.78 is 5.25. The number of nitrogens with one attached hydrogen (secondary N) is 1. The van der Waals surface area contributed by atoms with Crippen LogP contribution in [0, 0.1) is 6.92 Å². The van der Waals surface area contributed by atoms with E-state index in [0.29, 0.717) is 10.9 Å². The molecular formula is C25H29N7O2S. The highest BCUT2D eigenvalue weighted by atomic mass is 32.2. The maximum Gasteiger partial charge on any atom is 0.295 e. The van der Waals surface area contributed by atoms with Crippen LogP contribution in [0.3, 0.4) is 0 Å². The van der Waals surface area contributed by atoms with Crippen LogP contribution in [0.4, 0.5) is 5.69 Å². The minimum absolute atomic E-state index is 0.0225. The highest BCUT2D eigenvalue weighted by Crippen LogP contribution is 2.27. The predicted octanol–water partition coefficient (Wildman–Crippen LogP) is 3.42. The number of anilines is 1. The van der Waals surface area contributed by atoms with E-state index in [1.165, 1.54) is 11.8 Å². The molecule has 0 aliphatic heterocycles. The highest BCUT2D eigenvalue weighted by Gasteiger charge is 2.22. The van der Waals surface area contributed by atoms with Crippen molar-refractivity contribution >= 4 is 23.4 Å². The third kappa shape index (κ3) is 4.94. The summed E-state index contributed by atoms with van der Waals surface area (Å²) in [5, 5.41) is 12.2. The molecule has 0 aliphatic rings. The van der Waals surface area contributed by atoms with Gasteiger partial charge in [-0.15, -0.1) is 10.2 Å². The Kier molecular flexibility index (Phi) is 7.23. The molecule has 2 heterocycles. The minimum atomic E-state index is -0.286. The average molecular weight is 492 g/mol. The number of nitrogens with zero attached hydrogens (tertiary/aromatic N) is 6. The van der Waals surface area contributed by atoms with E-state index >= 15 is 0 Å². The van der Waals surface area contributed by atoms with Gasteiger partial charge in [0, 0.05) is 12.7 Å². The molecule has 0 bridgehead atoms. The van der Waals surface area contributed by atoms with E-state index < -0.39 is 0 Å². The zero-order valence-corrected chi connectivity index (χ0v) is 21.3. The molecule has 0 spiro atoms. The van der Waals surface area contributed by atoms with Gasteiger partial charge in [0.25, 0.3) is 5.56 Å². The smallest absolute Gasteiger partial charge is 0.295 e. The zero-order chi connectivity index (χ0) is 25.1. The summed E-state index contributed by atoms with van der Waals surface area (Å²) in [5.41, 5.74) is 2.33. The van der Waals surface area contributed by atoms with E-state index in [1.807, 2.05) is 86.2 Å². The molecule has 2 aromatic heterocycles. The van der Waals surface area contributed by atoms with Crippen molar-refractivity contribution in [1.29, 1.82) is 0 Å². The summed E-state index contributed by atoms with van der Waals surface area (Å²) in [7, 11) is 5.77. The Balaban J connectivity index is 1.56. The Hall–Kier alpha value is -3.63. The molecule has 4 rings (SSSR count). The highest BCUT2D eigenvalue weighted by molar-refractivity contribution is 7.99. The van der Waals surface area contributed by atoms with Crippen LogP contribution in [0.15, 0.2) is 70.6 Å². The monoisotopic (exact) mass is 491 g/mol. The van der Waals surface area contributed by atoms with Crippen LogP contribution in [0.5, 0.6) is 0 Å². The fraction of sp³-hybridized carbons (Fsp3) is 0.280. The van der Waals surface area contributed by atoms with Gasteiger partial charge < -0.3 is 5.32 Å². The van der Waals surface area contributed by atoms with Gasteiger partial charge in [-0.25, -0.2) is 4.68 Å². The Morgan fingerprint density at radius 3 is 2.23 bits per heavy atom. The molecule has 0 saturated carbocycles. The molecule has 0 unspecified atom stereocenters. The lowest BCUT2D eigenvalue weighted by atomic mass is 10.2. The first kappa shape index (κ1) is 24.5. The normalized spacial score (nSPS) is 12.2. The molecule has 0 aliphatic carbocycles. The van der Waals surface area contributed by atoms with Crippen LogP contribution in [0.25, 0.3) is 11.4 Å². The van der Waals surface area contributed by atoms with Crippen LogP contribution in [-0.2, 0) is 11.8 Å². The lowest BCUT2D eigenvalue weighted by Crippen LogP contribution is -2.23. The molecule has 4 aromatic rings. The topological polar surface area (TPSA) is 90.0 Å². The van der Waals surface area contributed by atoms with Crippen LogP contribution >= 0.6 is 11.8 Å². The number of hydrogen-bond acceptors (Lipinski definition) is 6. The standard InChI is InChI=1S/C25H29N7O2S/c1-17-22(24(34)32(30(17)5)20-14-10-7-11-15-20)26-21(33)16-35-25-28-27-23(18(2)29(3)4)31(25)19-12-8-6-9-13-19/h6-15,18H,16H2,1-5H3,(H,26,33)/t18-/m0/s1. The molecule has 1 atom stereocenters. The summed E-state index contributed by atoms with van der Waals surface area (Å²) in [5.74, 6) is 0.583.